The lowest BCUT2D eigenvalue weighted by atomic mass is 9.92. The molecular formula is C56H53FN4O12S. The van der Waals surface area contributed by atoms with Gasteiger partial charge in [0, 0.05) is 29.3 Å². The number of methoxy groups -OCH3 is 1. The van der Waals surface area contributed by atoms with E-state index >= 15 is 0 Å². The molecule has 8 aromatic rings. The van der Waals surface area contributed by atoms with Crippen LogP contribution in [-0.2, 0) is 47.4 Å². The van der Waals surface area contributed by atoms with E-state index in [0.717, 1.165) is 0 Å². The van der Waals surface area contributed by atoms with Gasteiger partial charge in [0.15, 0.2) is 5.82 Å². The Kier molecular flexibility index (Phi) is 16.9. The lowest BCUT2D eigenvalue weighted by molar-refractivity contribution is -0.151. The molecule has 0 saturated carbocycles. The molecule has 0 aliphatic rings. The van der Waals surface area contributed by atoms with Crippen molar-refractivity contribution in [2.24, 2.45) is 0 Å². The number of aromatic nitrogens is 4. The van der Waals surface area contributed by atoms with Gasteiger partial charge in [0.2, 0.25) is 17.7 Å². The number of hydrogen-bond donors (Lipinski definition) is 1. The average molecular weight is 1030 g/mol. The van der Waals surface area contributed by atoms with Gasteiger partial charge in [-0.2, -0.15) is 8.42 Å². The number of hydrogen-bond acceptors (Lipinski definition) is 16. The summed E-state index contributed by atoms with van der Waals surface area (Å²) in [6.07, 6.45) is 2.06. The molecule has 0 spiro atoms. The molecule has 3 aromatic heterocycles. The number of benzene rings is 5. The first kappa shape index (κ1) is 52.1. The number of carbonyl (C=O) groups excluding carboxylic acids is 1. The molecule has 0 aliphatic heterocycles. The molecule has 0 radical (unpaired) electrons. The zero-order valence-electron chi connectivity index (χ0n) is 41.0. The number of aryl methyl sites for hydroxylation is 2. The molecule has 1 N–H and O–H groups in total. The summed E-state index contributed by atoms with van der Waals surface area (Å²) >= 11 is 0. The van der Waals surface area contributed by atoms with Crippen LogP contribution in [0.1, 0.15) is 34.9 Å². The van der Waals surface area contributed by atoms with Crippen molar-refractivity contribution in [3.05, 3.63) is 174 Å². The summed E-state index contributed by atoms with van der Waals surface area (Å²) in [6, 6.07) is 31.6. The zero-order valence-corrected chi connectivity index (χ0v) is 41.8. The number of rotatable bonds is 24. The van der Waals surface area contributed by atoms with Crippen molar-refractivity contribution in [1.29, 1.82) is 0 Å². The van der Waals surface area contributed by atoms with Crippen LogP contribution in [0.2, 0.25) is 0 Å². The van der Waals surface area contributed by atoms with Crippen LogP contribution in [-0.4, -0.2) is 85.2 Å². The fourth-order valence-electron chi connectivity index (χ4n) is 8.21. The summed E-state index contributed by atoms with van der Waals surface area (Å²) < 4.78 is 88.5. The molecule has 0 saturated heterocycles. The topological polar surface area (TPSA) is 201 Å². The van der Waals surface area contributed by atoms with Crippen molar-refractivity contribution >= 4 is 27.2 Å². The van der Waals surface area contributed by atoms with Crippen LogP contribution >= 0.6 is 0 Å². The van der Waals surface area contributed by atoms with Gasteiger partial charge in [-0.25, -0.2) is 29.1 Å². The minimum Gasteiger partial charge on any atom is -0.508 e. The lowest BCUT2D eigenvalue weighted by Crippen LogP contribution is -2.32. The Morgan fingerprint density at radius 3 is 2.36 bits per heavy atom. The lowest BCUT2D eigenvalue weighted by Gasteiger charge is -2.21. The maximum atomic E-state index is 14.4. The van der Waals surface area contributed by atoms with Crippen LogP contribution in [0, 0.1) is 19.7 Å². The highest BCUT2D eigenvalue weighted by atomic mass is 32.2. The quantitative estimate of drug-likeness (QED) is 0.0259. The minimum absolute atomic E-state index is 0.00116. The molecule has 18 heteroatoms. The highest BCUT2D eigenvalue weighted by molar-refractivity contribution is 7.85. The Bertz CT molecular complexity index is 3330. The molecule has 0 fully saturated rings. The SMILES string of the molecule is C=CCOC[C@H](COS(=O)(=O)Cc1ccccc1)Oc1cc(C)c(-c2c(-c3ccc(F)cc3)oc3ncnc(O[C@H](Cc4cc(O)ccc4OCc4ccnc(-c5ccccc5OC)n4)C(=O)OCC)c23)c(C)c1. The van der Waals surface area contributed by atoms with E-state index in [1.54, 1.807) is 93.0 Å². The number of carbonyl (C=O) groups is 1. The first-order valence-corrected chi connectivity index (χ1v) is 25.0. The number of furan rings is 1. The highest BCUT2D eigenvalue weighted by Crippen LogP contribution is 2.47. The Balaban J connectivity index is 1.12. The fraction of sp³-hybridized carbons (Fsp3) is 0.232. The van der Waals surface area contributed by atoms with Gasteiger partial charge >= 0.3 is 5.97 Å². The molecule has 0 amide bonds. The van der Waals surface area contributed by atoms with Gasteiger partial charge in [-0.15, -0.1) is 6.58 Å². The zero-order chi connectivity index (χ0) is 52.2. The third kappa shape index (κ3) is 12.9. The molecule has 2 atom stereocenters. The predicted molar refractivity (Wildman–Crippen MR) is 274 cm³/mol. The van der Waals surface area contributed by atoms with Gasteiger partial charge in [0.25, 0.3) is 10.1 Å². The van der Waals surface area contributed by atoms with Gasteiger partial charge in [0.05, 0.1) is 38.2 Å². The van der Waals surface area contributed by atoms with E-state index in [4.69, 9.17) is 42.0 Å². The van der Waals surface area contributed by atoms with Crippen molar-refractivity contribution < 1.29 is 59.7 Å². The van der Waals surface area contributed by atoms with E-state index in [2.05, 4.69) is 21.5 Å². The van der Waals surface area contributed by atoms with Crippen LogP contribution in [0.15, 0.2) is 145 Å². The highest BCUT2D eigenvalue weighted by Gasteiger charge is 2.31. The van der Waals surface area contributed by atoms with Crippen molar-refractivity contribution in [2.45, 2.75) is 51.8 Å². The van der Waals surface area contributed by atoms with Crippen molar-refractivity contribution in [3.63, 3.8) is 0 Å². The second-order valence-electron chi connectivity index (χ2n) is 16.9. The summed E-state index contributed by atoms with van der Waals surface area (Å²) in [4.78, 5) is 32.1. The number of phenolic OH excluding ortho intramolecular Hbond substituents is 1. The maximum Gasteiger partial charge on any atom is 0.347 e. The standard InChI is InChI=1S/C56H53FN4O12S/c1-6-25-67-31-44(32-70-74(64,65)33-37-13-9-8-10-14-37)71-43-26-35(3)49(36(4)27-43)50-51-54(59-34-60-55(51)73-52(50)38-17-19-40(57)20-18-38)72-48(56(63)68-7-2)29-39-28-42(62)21-22-46(39)69-30-41-23-24-58-53(61-41)45-15-11-12-16-47(45)66-5/h6,8-24,26-28,34,44,48,62H,1,7,25,29-33H2,2-5H3/t44-,48-/m1/s1. The summed E-state index contributed by atoms with van der Waals surface area (Å²) in [5, 5.41) is 11.0. The predicted octanol–water partition coefficient (Wildman–Crippen LogP) is 10.1. The third-order valence-corrected chi connectivity index (χ3v) is 12.6. The monoisotopic (exact) mass is 1020 g/mol. The van der Waals surface area contributed by atoms with Crippen LogP contribution in [0.5, 0.6) is 28.9 Å². The Morgan fingerprint density at radius 2 is 1.62 bits per heavy atom. The summed E-state index contributed by atoms with van der Waals surface area (Å²) in [5.74, 6) is 0.407. The third-order valence-electron chi connectivity index (χ3n) is 11.5. The molecular weight excluding hydrogens is 972 g/mol. The summed E-state index contributed by atoms with van der Waals surface area (Å²) in [6.45, 7) is 8.93. The van der Waals surface area contributed by atoms with Crippen molar-refractivity contribution in [1.82, 2.24) is 19.9 Å². The number of ether oxygens (including phenoxy) is 6. The summed E-state index contributed by atoms with van der Waals surface area (Å²) in [5.41, 5.74) is 5.27. The second kappa shape index (κ2) is 24.0. The number of esters is 1. The van der Waals surface area contributed by atoms with Crippen LogP contribution in [0.4, 0.5) is 4.39 Å². The van der Waals surface area contributed by atoms with E-state index in [-0.39, 0.29) is 67.9 Å². The average Bonchev–Trinajstić information content (AvgIpc) is 3.78. The van der Waals surface area contributed by atoms with Gasteiger partial charge in [0.1, 0.15) is 71.4 Å². The molecule has 8 rings (SSSR count). The molecule has 3 heterocycles. The Morgan fingerprint density at radius 1 is 0.865 bits per heavy atom. The number of aromatic hydroxyl groups is 1. The van der Waals surface area contributed by atoms with Gasteiger partial charge in [-0.05, 0) is 116 Å². The van der Waals surface area contributed by atoms with E-state index in [1.807, 2.05) is 38.1 Å². The van der Waals surface area contributed by atoms with E-state index < -0.39 is 34.1 Å². The number of halogens is 1. The van der Waals surface area contributed by atoms with Gasteiger partial charge in [-0.3, -0.25) is 4.18 Å². The molecule has 5 aromatic carbocycles. The van der Waals surface area contributed by atoms with Crippen LogP contribution in [0.3, 0.4) is 0 Å². The smallest absolute Gasteiger partial charge is 0.347 e. The number of fused-ring (bicyclic) bond motifs is 1. The van der Waals surface area contributed by atoms with Crippen LogP contribution in [0.25, 0.3) is 44.9 Å². The van der Waals surface area contributed by atoms with Crippen molar-refractivity contribution in [3.8, 4) is 62.7 Å². The summed E-state index contributed by atoms with van der Waals surface area (Å²) in [7, 11) is -2.42. The first-order valence-electron chi connectivity index (χ1n) is 23.5. The molecule has 0 bridgehead atoms. The normalized spacial score (nSPS) is 12.2. The van der Waals surface area contributed by atoms with Crippen LogP contribution < -0.4 is 18.9 Å². The van der Waals surface area contributed by atoms with Crippen molar-refractivity contribution in [2.75, 3.05) is 33.5 Å². The molecule has 0 aliphatic carbocycles. The second-order valence-corrected chi connectivity index (χ2v) is 18.5. The van der Waals surface area contributed by atoms with E-state index in [0.29, 0.717) is 79.0 Å². The molecule has 0 unspecified atom stereocenters. The fourth-order valence-corrected chi connectivity index (χ4v) is 9.26. The number of para-hydroxylation sites is 1. The van der Waals surface area contributed by atoms with E-state index in [9.17, 15) is 22.7 Å². The van der Waals surface area contributed by atoms with E-state index in [1.165, 1.54) is 30.6 Å². The minimum atomic E-state index is -4.00. The Hall–Kier alpha value is -8.19. The number of phenols is 1. The number of nitrogens with zero attached hydrogens (tertiary/aromatic N) is 4. The first-order chi connectivity index (χ1) is 35.8. The maximum absolute atomic E-state index is 14.4. The molecule has 382 valence electrons. The molecule has 16 nitrogen and oxygen atoms in total. The molecule has 74 heavy (non-hydrogen) atoms. The van der Waals surface area contributed by atoms with Gasteiger partial charge in [-0.1, -0.05) is 48.5 Å². The van der Waals surface area contributed by atoms with Gasteiger partial charge < -0.3 is 37.9 Å². The largest absolute Gasteiger partial charge is 0.508 e. The Labute approximate surface area is 427 Å².